The van der Waals surface area contributed by atoms with E-state index in [2.05, 4.69) is 29.1 Å². The van der Waals surface area contributed by atoms with Crippen LogP contribution in [0.1, 0.15) is 56.7 Å². The van der Waals surface area contributed by atoms with Gasteiger partial charge in [-0.15, -0.1) is 0 Å². The summed E-state index contributed by atoms with van der Waals surface area (Å²) in [5.41, 5.74) is 2.14. The molecule has 3 amide bonds. The van der Waals surface area contributed by atoms with Gasteiger partial charge >= 0.3 is 6.03 Å². The van der Waals surface area contributed by atoms with Crippen molar-refractivity contribution in [3.05, 3.63) is 29.6 Å². The normalized spacial score (nSPS) is 15.5. The summed E-state index contributed by atoms with van der Waals surface area (Å²) in [6.45, 7) is 12.2. The molecule has 1 aliphatic rings. The number of urea groups is 1. The highest BCUT2D eigenvalue weighted by atomic mass is 16.2. The summed E-state index contributed by atoms with van der Waals surface area (Å²) in [7, 11) is 0. The molecule has 7 heteroatoms. The Bertz CT molecular complexity index is 842. The number of amides is 3. The first-order valence-electron chi connectivity index (χ1n) is 9.50. The van der Waals surface area contributed by atoms with Gasteiger partial charge in [0.15, 0.2) is 0 Å². The van der Waals surface area contributed by atoms with Crippen LogP contribution in [0.5, 0.6) is 0 Å². The van der Waals surface area contributed by atoms with Gasteiger partial charge < -0.3 is 20.1 Å². The lowest BCUT2D eigenvalue weighted by atomic mass is 10.1. The Labute approximate surface area is 160 Å². The Morgan fingerprint density at radius 3 is 2.33 bits per heavy atom. The predicted octanol–water partition coefficient (Wildman–Crippen LogP) is 2.95. The van der Waals surface area contributed by atoms with Crippen LogP contribution in [0.4, 0.5) is 4.79 Å². The average molecular weight is 371 g/mol. The zero-order valence-corrected chi connectivity index (χ0v) is 16.8. The van der Waals surface area contributed by atoms with Crippen LogP contribution in [0.2, 0.25) is 0 Å². The molecule has 1 aromatic carbocycles. The molecule has 0 atom stereocenters. The van der Waals surface area contributed by atoms with E-state index >= 15 is 0 Å². The fourth-order valence-corrected chi connectivity index (χ4v) is 3.13. The summed E-state index contributed by atoms with van der Waals surface area (Å²) in [6, 6.07) is 5.51. The topological polar surface area (TPSA) is 81.3 Å². The molecule has 1 saturated heterocycles. The van der Waals surface area contributed by atoms with Gasteiger partial charge in [-0.1, -0.05) is 13.8 Å². The van der Waals surface area contributed by atoms with Crippen molar-refractivity contribution >= 4 is 23.0 Å². The van der Waals surface area contributed by atoms with E-state index in [0.29, 0.717) is 37.7 Å². The molecule has 2 N–H and O–H groups in total. The highest BCUT2D eigenvalue weighted by Crippen LogP contribution is 2.19. The Morgan fingerprint density at radius 1 is 1.11 bits per heavy atom. The molecule has 0 radical (unpaired) electrons. The number of H-pyrrole nitrogens is 1. The number of hydrogen-bond acceptors (Lipinski definition) is 3. The first-order chi connectivity index (χ1) is 12.6. The molecule has 0 saturated carbocycles. The van der Waals surface area contributed by atoms with E-state index in [4.69, 9.17) is 0 Å². The molecule has 1 aromatic heterocycles. The van der Waals surface area contributed by atoms with Crippen LogP contribution < -0.4 is 5.32 Å². The maximum atomic E-state index is 12.9. The molecule has 2 aromatic rings. The number of benzene rings is 1. The van der Waals surface area contributed by atoms with Crippen molar-refractivity contribution in [3.63, 3.8) is 0 Å². The second kappa shape index (κ2) is 7.21. The molecule has 27 heavy (non-hydrogen) atoms. The molecule has 0 spiro atoms. The molecule has 1 fully saturated rings. The van der Waals surface area contributed by atoms with Crippen LogP contribution in [0.3, 0.4) is 0 Å². The van der Waals surface area contributed by atoms with E-state index in [-0.39, 0.29) is 17.5 Å². The van der Waals surface area contributed by atoms with Crippen LogP contribution in [-0.4, -0.2) is 63.4 Å². The number of aromatic nitrogens is 2. The van der Waals surface area contributed by atoms with Gasteiger partial charge in [-0.25, -0.2) is 9.78 Å². The second-order valence-electron chi connectivity index (χ2n) is 8.47. The standard InChI is InChI=1S/C20H29N5O2/c1-13(2)17-21-15-7-6-14(12-16(15)22-17)18(26)24-8-10-25(11-9-24)19(27)23-20(3,4)5/h6-7,12-13H,8-11H2,1-5H3,(H,21,22)(H,23,27). The minimum Gasteiger partial charge on any atom is -0.342 e. The van der Waals surface area contributed by atoms with E-state index in [9.17, 15) is 9.59 Å². The molecular weight excluding hydrogens is 342 g/mol. The zero-order valence-electron chi connectivity index (χ0n) is 16.8. The van der Waals surface area contributed by atoms with Crippen LogP contribution >= 0.6 is 0 Å². The maximum absolute atomic E-state index is 12.9. The zero-order chi connectivity index (χ0) is 19.8. The first kappa shape index (κ1) is 19.2. The third kappa shape index (κ3) is 4.40. The van der Waals surface area contributed by atoms with Crippen molar-refractivity contribution in [2.75, 3.05) is 26.2 Å². The number of piperazine rings is 1. The summed E-state index contributed by atoms with van der Waals surface area (Å²) in [6.07, 6.45) is 0. The first-order valence-corrected chi connectivity index (χ1v) is 9.50. The molecule has 0 bridgehead atoms. The lowest BCUT2D eigenvalue weighted by Gasteiger charge is -2.36. The fraction of sp³-hybridized carbons (Fsp3) is 0.550. The van der Waals surface area contributed by atoms with Crippen molar-refractivity contribution in [1.29, 1.82) is 0 Å². The van der Waals surface area contributed by atoms with Gasteiger partial charge in [0, 0.05) is 43.2 Å². The Kier molecular flexibility index (Phi) is 5.13. The van der Waals surface area contributed by atoms with Crippen molar-refractivity contribution < 1.29 is 9.59 Å². The van der Waals surface area contributed by atoms with E-state index < -0.39 is 0 Å². The summed E-state index contributed by atoms with van der Waals surface area (Å²) < 4.78 is 0. The minimum absolute atomic E-state index is 0.00604. The van der Waals surface area contributed by atoms with Gasteiger partial charge in [0.2, 0.25) is 0 Å². The lowest BCUT2D eigenvalue weighted by molar-refractivity contribution is 0.0661. The number of carbonyl (C=O) groups excluding carboxylic acids is 2. The molecule has 0 unspecified atom stereocenters. The Balaban J connectivity index is 1.65. The molecule has 1 aliphatic heterocycles. The molecule has 2 heterocycles. The van der Waals surface area contributed by atoms with Gasteiger partial charge in [-0.05, 0) is 39.0 Å². The fourth-order valence-electron chi connectivity index (χ4n) is 3.13. The molecule has 3 rings (SSSR count). The summed E-state index contributed by atoms with van der Waals surface area (Å²) in [5.74, 6) is 1.23. The maximum Gasteiger partial charge on any atom is 0.317 e. The Morgan fingerprint density at radius 2 is 1.74 bits per heavy atom. The highest BCUT2D eigenvalue weighted by Gasteiger charge is 2.26. The van der Waals surface area contributed by atoms with E-state index in [1.165, 1.54) is 0 Å². The molecule has 146 valence electrons. The third-order valence-corrected chi connectivity index (χ3v) is 4.63. The lowest BCUT2D eigenvalue weighted by Crippen LogP contribution is -2.56. The van der Waals surface area contributed by atoms with Gasteiger partial charge in [-0.3, -0.25) is 4.79 Å². The van der Waals surface area contributed by atoms with E-state index in [1.54, 1.807) is 4.90 Å². The molecule has 0 aliphatic carbocycles. The molecule has 7 nitrogen and oxygen atoms in total. The van der Waals surface area contributed by atoms with Gasteiger partial charge in [0.1, 0.15) is 5.82 Å². The third-order valence-electron chi connectivity index (χ3n) is 4.63. The van der Waals surface area contributed by atoms with Crippen molar-refractivity contribution in [3.8, 4) is 0 Å². The predicted molar refractivity (Wildman–Crippen MR) is 106 cm³/mol. The van der Waals surface area contributed by atoms with Gasteiger partial charge in [0.25, 0.3) is 5.91 Å². The summed E-state index contributed by atoms with van der Waals surface area (Å²) in [5, 5.41) is 2.97. The quantitative estimate of drug-likeness (QED) is 0.852. The van der Waals surface area contributed by atoms with Crippen molar-refractivity contribution in [1.82, 2.24) is 25.1 Å². The number of aromatic amines is 1. The number of nitrogens with one attached hydrogen (secondary N) is 2. The van der Waals surface area contributed by atoms with E-state index in [0.717, 1.165) is 16.9 Å². The van der Waals surface area contributed by atoms with Gasteiger partial charge in [-0.2, -0.15) is 0 Å². The van der Waals surface area contributed by atoms with Crippen LogP contribution in [-0.2, 0) is 0 Å². The number of fused-ring (bicyclic) bond motifs is 1. The largest absolute Gasteiger partial charge is 0.342 e. The number of nitrogens with zero attached hydrogens (tertiary/aromatic N) is 3. The number of carbonyl (C=O) groups is 2. The minimum atomic E-state index is -0.266. The van der Waals surface area contributed by atoms with Crippen molar-refractivity contribution in [2.24, 2.45) is 0 Å². The van der Waals surface area contributed by atoms with E-state index in [1.807, 2.05) is 43.9 Å². The number of hydrogen-bond donors (Lipinski definition) is 2. The highest BCUT2D eigenvalue weighted by molar-refractivity contribution is 5.97. The van der Waals surface area contributed by atoms with Crippen molar-refractivity contribution in [2.45, 2.75) is 46.1 Å². The van der Waals surface area contributed by atoms with Crippen LogP contribution in [0, 0.1) is 0 Å². The van der Waals surface area contributed by atoms with Crippen LogP contribution in [0.15, 0.2) is 18.2 Å². The number of rotatable bonds is 2. The SMILES string of the molecule is CC(C)c1nc2ccc(C(=O)N3CCN(C(=O)NC(C)(C)C)CC3)cc2[nH]1. The smallest absolute Gasteiger partial charge is 0.317 e. The molecular formula is C20H29N5O2. The number of imidazole rings is 1. The van der Waals surface area contributed by atoms with Gasteiger partial charge in [0.05, 0.1) is 11.0 Å². The summed E-state index contributed by atoms with van der Waals surface area (Å²) >= 11 is 0. The van der Waals surface area contributed by atoms with Crippen LogP contribution in [0.25, 0.3) is 11.0 Å². The Hall–Kier alpha value is -2.57. The average Bonchev–Trinajstić information content (AvgIpc) is 3.03. The second-order valence-corrected chi connectivity index (χ2v) is 8.47. The monoisotopic (exact) mass is 371 g/mol. The summed E-state index contributed by atoms with van der Waals surface area (Å²) in [4.78, 5) is 36.5.